The lowest BCUT2D eigenvalue weighted by atomic mass is 10.2. The molecule has 3 rings (SSSR count). The molecule has 0 aromatic heterocycles. The predicted octanol–water partition coefficient (Wildman–Crippen LogP) is 2.85. The molecule has 0 aliphatic carbocycles. The molecule has 0 saturated carbocycles. The van der Waals surface area contributed by atoms with Crippen LogP contribution < -0.4 is 19.5 Å². The Bertz CT molecular complexity index is 714. The largest absolute Gasteiger partial charge is 0.490 e. The van der Waals surface area contributed by atoms with Crippen LogP contribution in [-0.4, -0.2) is 25.7 Å². The van der Waals surface area contributed by atoms with Crippen molar-refractivity contribution in [2.45, 2.75) is 19.9 Å². The van der Waals surface area contributed by atoms with Crippen molar-refractivity contribution in [3.8, 4) is 17.2 Å². The highest BCUT2D eigenvalue weighted by Crippen LogP contribution is 2.30. The van der Waals surface area contributed by atoms with Gasteiger partial charge in [0.25, 0.3) is 5.91 Å². The molecule has 0 atom stereocenters. The summed E-state index contributed by atoms with van der Waals surface area (Å²) in [5.74, 6) is 2.02. The van der Waals surface area contributed by atoms with E-state index in [2.05, 4.69) is 5.32 Å². The number of amides is 1. The quantitative estimate of drug-likeness (QED) is 0.917. The van der Waals surface area contributed by atoms with Gasteiger partial charge in [0.1, 0.15) is 5.75 Å². The molecular formula is C19H21NO4. The molecule has 126 valence electrons. The van der Waals surface area contributed by atoms with E-state index < -0.39 is 0 Å². The minimum Gasteiger partial charge on any atom is -0.490 e. The fourth-order valence-electron chi connectivity index (χ4n) is 2.42. The molecule has 5 nitrogen and oxygen atoms in total. The van der Waals surface area contributed by atoms with E-state index in [0.717, 1.165) is 29.0 Å². The van der Waals surface area contributed by atoms with Crippen molar-refractivity contribution in [3.63, 3.8) is 0 Å². The SMILES string of the molecule is Cc1cccc(OCC(=O)NCc2ccc3c(c2)OCCCO3)c1. The molecule has 1 aliphatic heterocycles. The van der Waals surface area contributed by atoms with E-state index in [1.807, 2.05) is 49.4 Å². The van der Waals surface area contributed by atoms with Crippen LogP contribution in [0.4, 0.5) is 0 Å². The number of aryl methyl sites for hydroxylation is 1. The van der Waals surface area contributed by atoms with Gasteiger partial charge in [-0.25, -0.2) is 0 Å². The van der Waals surface area contributed by atoms with E-state index in [-0.39, 0.29) is 12.5 Å². The van der Waals surface area contributed by atoms with Gasteiger partial charge in [0.15, 0.2) is 18.1 Å². The number of hydrogen-bond acceptors (Lipinski definition) is 4. The van der Waals surface area contributed by atoms with E-state index in [9.17, 15) is 4.79 Å². The van der Waals surface area contributed by atoms with Crippen molar-refractivity contribution in [2.24, 2.45) is 0 Å². The Kier molecular flexibility index (Phi) is 5.21. The number of hydrogen-bond donors (Lipinski definition) is 1. The summed E-state index contributed by atoms with van der Waals surface area (Å²) < 4.78 is 16.7. The number of rotatable bonds is 5. The van der Waals surface area contributed by atoms with Gasteiger partial charge < -0.3 is 19.5 Å². The van der Waals surface area contributed by atoms with Gasteiger partial charge in [-0.3, -0.25) is 4.79 Å². The lowest BCUT2D eigenvalue weighted by Crippen LogP contribution is -2.28. The van der Waals surface area contributed by atoms with Gasteiger partial charge in [0.05, 0.1) is 13.2 Å². The zero-order chi connectivity index (χ0) is 16.8. The Hall–Kier alpha value is -2.69. The van der Waals surface area contributed by atoms with Crippen molar-refractivity contribution in [3.05, 3.63) is 53.6 Å². The first-order valence-electron chi connectivity index (χ1n) is 8.05. The van der Waals surface area contributed by atoms with Crippen molar-refractivity contribution in [1.29, 1.82) is 0 Å². The molecule has 5 heteroatoms. The molecule has 0 unspecified atom stereocenters. The molecule has 1 aliphatic rings. The lowest BCUT2D eigenvalue weighted by Gasteiger charge is -2.11. The molecule has 1 amide bonds. The van der Waals surface area contributed by atoms with Gasteiger partial charge in [0.2, 0.25) is 0 Å². The minimum atomic E-state index is -0.163. The van der Waals surface area contributed by atoms with Crippen LogP contribution in [0.2, 0.25) is 0 Å². The van der Waals surface area contributed by atoms with Gasteiger partial charge in [-0.15, -0.1) is 0 Å². The van der Waals surface area contributed by atoms with Crippen LogP contribution >= 0.6 is 0 Å². The Morgan fingerprint density at radius 3 is 2.79 bits per heavy atom. The van der Waals surface area contributed by atoms with E-state index in [4.69, 9.17) is 14.2 Å². The second-order valence-corrected chi connectivity index (χ2v) is 5.71. The molecule has 2 aromatic carbocycles. The Balaban J connectivity index is 1.50. The Morgan fingerprint density at radius 1 is 1.12 bits per heavy atom. The van der Waals surface area contributed by atoms with Crippen molar-refractivity contribution in [1.82, 2.24) is 5.32 Å². The molecule has 1 heterocycles. The smallest absolute Gasteiger partial charge is 0.258 e. The topological polar surface area (TPSA) is 56.8 Å². The molecule has 1 N–H and O–H groups in total. The van der Waals surface area contributed by atoms with Crippen molar-refractivity contribution in [2.75, 3.05) is 19.8 Å². The summed E-state index contributed by atoms with van der Waals surface area (Å²) in [6, 6.07) is 13.3. The molecule has 24 heavy (non-hydrogen) atoms. The normalized spacial score (nSPS) is 13.0. The first-order valence-corrected chi connectivity index (χ1v) is 8.05. The fourth-order valence-corrected chi connectivity index (χ4v) is 2.42. The molecule has 0 fully saturated rings. The lowest BCUT2D eigenvalue weighted by molar-refractivity contribution is -0.123. The summed E-state index contributed by atoms with van der Waals surface area (Å²) in [6.45, 7) is 3.71. The van der Waals surface area contributed by atoms with Crippen LogP contribution in [0.25, 0.3) is 0 Å². The van der Waals surface area contributed by atoms with Crippen LogP contribution in [0.3, 0.4) is 0 Å². The third-order valence-electron chi connectivity index (χ3n) is 3.66. The minimum absolute atomic E-state index is 0.00595. The Labute approximate surface area is 141 Å². The molecular weight excluding hydrogens is 306 g/mol. The third kappa shape index (κ3) is 4.41. The van der Waals surface area contributed by atoms with Crippen LogP contribution in [0.1, 0.15) is 17.5 Å². The summed E-state index contributed by atoms with van der Waals surface area (Å²) >= 11 is 0. The summed E-state index contributed by atoms with van der Waals surface area (Å²) in [4.78, 5) is 11.9. The maximum atomic E-state index is 11.9. The molecule has 2 aromatic rings. The highest BCUT2D eigenvalue weighted by Gasteiger charge is 2.11. The Morgan fingerprint density at radius 2 is 1.96 bits per heavy atom. The summed E-state index contributed by atoms with van der Waals surface area (Å²) in [7, 11) is 0. The molecule has 0 spiro atoms. The summed E-state index contributed by atoms with van der Waals surface area (Å²) in [5, 5.41) is 2.85. The van der Waals surface area contributed by atoms with Gasteiger partial charge in [-0.2, -0.15) is 0 Å². The highest BCUT2D eigenvalue weighted by molar-refractivity contribution is 5.77. The number of carbonyl (C=O) groups excluding carboxylic acids is 1. The first-order chi connectivity index (χ1) is 11.7. The standard InChI is InChI=1S/C19H21NO4/c1-14-4-2-5-16(10-14)24-13-19(21)20-12-15-6-7-17-18(11-15)23-9-3-8-22-17/h2,4-7,10-11H,3,8-9,12-13H2,1H3,(H,20,21). The average Bonchev–Trinajstić information content (AvgIpc) is 2.83. The van der Waals surface area contributed by atoms with E-state index in [1.54, 1.807) is 0 Å². The fraction of sp³-hybridized carbons (Fsp3) is 0.316. The van der Waals surface area contributed by atoms with Gasteiger partial charge >= 0.3 is 0 Å². The van der Waals surface area contributed by atoms with Crippen LogP contribution in [0.15, 0.2) is 42.5 Å². The van der Waals surface area contributed by atoms with Gasteiger partial charge in [-0.1, -0.05) is 18.2 Å². The number of carbonyl (C=O) groups is 1. The molecule has 0 saturated heterocycles. The third-order valence-corrected chi connectivity index (χ3v) is 3.66. The zero-order valence-corrected chi connectivity index (χ0v) is 13.7. The summed E-state index contributed by atoms with van der Waals surface area (Å²) in [6.07, 6.45) is 0.872. The monoisotopic (exact) mass is 327 g/mol. The zero-order valence-electron chi connectivity index (χ0n) is 13.7. The number of fused-ring (bicyclic) bond motifs is 1. The first kappa shape index (κ1) is 16.2. The second-order valence-electron chi connectivity index (χ2n) is 5.71. The maximum absolute atomic E-state index is 11.9. The van der Waals surface area contributed by atoms with E-state index in [1.165, 1.54) is 0 Å². The van der Waals surface area contributed by atoms with E-state index in [0.29, 0.717) is 25.5 Å². The van der Waals surface area contributed by atoms with E-state index >= 15 is 0 Å². The predicted molar refractivity (Wildman–Crippen MR) is 90.6 cm³/mol. The number of nitrogens with one attached hydrogen (secondary N) is 1. The average molecular weight is 327 g/mol. The van der Waals surface area contributed by atoms with Crippen LogP contribution in [-0.2, 0) is 11.3 Å². The highest BCUT2D eigenvalue weighted by atomic mass is 16.5. The number of ether oxygens (including phenoxy) is 3. The van der Waals surface area contributed by atoms with Gasteiger partial charge in [0, 0.05) is 13.0 Å². The molecule has 0 radical (unpaired) electrons. The second kappa shape index (κ2) is 7.73. The summed E-state index contributed by atoms with van der Waals surface area (Å²) in [5.41, 5.74) is 2.06. The van der Waals surface area contributed by atoms with Gasteiger partial charge in [-0.05, 0) is 42.3 Å². The number of benzene rings is 2. The van der Waals surface area contributed by atoms with Crippen LogP contribution in [0, 0.1) is 6.92 Å². The molecule has 0 bridgehead atoms. The van der Waals surface area contributed by atoms with Crippen molar-refractivity contribution < 1.29 is 19.0 Å². The van der Waals surface area contributed by atoms with Crippen LogP contribution in [0.5, 0.6) is 17.2 Å². The van der Waals surface area contributed by atoms with Crippen molar-refractivity contribution >= 4 is 5.91 Å². The maximum Gasteiger partial charge on any atom is 0.258 e.